The second-order valence-corrected chi connectivity index (χ2v) is 6.26. The summed E-state index contributed by atoms with van der Waals surface area (Å²) in [6, 6.07) is 6.20. The summed E-state index contributed by atoms with van der Waals surface area (Å²) in [6.45, 7) is 2.10. The highest BCUT2D eigenvalue weighted by Gasteiger charge is 2.22. The number of rotatable bonds is 3. The Balaban J connectivity index is 1.66. The summed E-state index contributed by atoms with van der Waals surface area (Å²) in [5.74, 6) is 1.72. The number of benzene rings is 1. The highest BCUT2D eigenvalue weighted by atomic mass is 16.5. The van der Waals surface area contributed by atoms with Gasteiger partial charge in [-0.15, -0.1) is 0 Å². The van der Waals surface area contributed by atoms with Crippen molar-refractivity contribution in [3.63, 3.8) is 0 Å². The molecule has 3 rings (SSSR count). The van der Waals surface area contributed by atoms with Gasteiger partial charge in [-0.25, -0.2) is 0 Å². The van der Waals surface area contributed by atoms with Gasteiger partial charge in [0.25, 0.3) is 0 Å². The van der Waals surface area contributed by atoms with Crippen molar-refractivity contribution < 1.29 is 9.84 Å². The molecular weight excluding hydrogens is 236 g/mol. The van der Waals surface area contributed by atoms with Crippen LogP contribution in [0.15, 0.2) is 18.2 Å². The van der Waals surface area contributed by atoms with Crippen LogP contribution in [-0.2, 0) is 6.42 Å². The first-order valence-electron chi connectivity index (χ1n) is 7.70. The van der Waals surface area contributed by atoms with Crippen molar-refractivity contribution >= 4 is 0 Å². The number of hydrogen-bond acceptors (Lipinski definition) is 2. The molecule has 0 amide bonds. The molecule has 0 bridgehead atoms. The Morgan fingerprint density at radius 1 is 1.26 bits per heavy atom. The minimum atomic E-state index is -0.302. The molecule has 1 fully saturated rings. The Morgan fingerprint density at radius 3 is 2.84 bits per heavy atom. The molecule has 2 nitrogen and oxygen atoms in total. The lowest BCUT2D eigenvalue weighted by atomic mass is 9.84. The summed E-state index contributed by atoms with van der Waals surface area (Å²) in [5.41, 5.74) is 2.33. The molecule has 2 unspecified atom stereocenters. The van der Waals surface area contributed by atoms with E-state index in [2.05, 4.69) is 13.0 Å². The van der Waals surface area contributed by atoms with E-state index < -0.39 is 0 Å². The third-order valence-electron chi connectivity index (χ3n) is 4.59. The van der Waals surface area contributed by atoms with E-state index in [1.165, 1.54) is 37.7 Å². The summed E-state index contributed by atoms with van der Waals surface area (Å²) in [4.78, 5) is 0. The van der Waals surface area contributed by atoms with Crippen LogP contribution in [0.5, 0.6) is 5.75 Å². The molecule has 19 heavy (non-hydrogen) atoms. The second kappa shape index (κ2) is 5.54. The molecule has 0 radical (unpaired) electrons. The van der Waals surface area contributed by atoms with Crippen LogP contribution in [0.2, 0.25) is 0 Å². The van der Waals surface area contributed by atoms with Crippen molar-refractivity contribution in [3.05, 3.63) is 29.3 Å². The molecule has 0 spiro atoms. The van der Waals surface area contributed by atoms with E-state index in [-0.39, 0.29) is 12.2 Å². The maximum absolute atomic E-state index is 10.4. The smallest absolute Gasteiger partial charge is 0.123 e. The first-order chi connectivity index (χ1) is 9.22. The Kier molecular flexibility index (Phi) is 3.79. The molecule has 104 valence electrons. The average molecular weight is 260 g/mol. The third kappa shape index (κ3) is 2.94. The van der Waals surface area contributed by atoms with Crippen molar-refractivity contribution in [2.24, 2.45) is 5.92 Å². The average Bonchev–Trinajstić information content (AvgIpc) is 2.78. The molecule has 1 saturated carbocycles. The lowest BCUT2D eigenvalue weighted by Crippen LogP contribution is -2.11. The predicted octanol–water partition coefficient (Wildman–Crippen LogP) is 4.01. The van der Waals surface area contributed by atoms with E-state index >= 15 is 0 Å². The second-order valence-electron chi connectivity index (χ2n) is 6.26. The van der Waals surface area contributed by atoms with Crippen LogP contribution < -0.4 is 4.74 Å². The van der Waals surface area contributed by atoms with Gasteiger partial charge in [0.1, 0.15) is 11.9 Å². The van der Waals surface area contributed by atoms with Crippen LogP contribution in [0.4, 0.5) is 0 Å². The zero-order valence-corrected chi connectivity index (χ0v) is 11.8. The van der Waals surface area contributed by atoms with Gasteiger partial charge in [0.2, 0.25) is 0 Å². The van der Waals surface area contributed by atoms with Crippen molar-refractivity contribution in [1.29, 1.82) is 0 Å². The first-order valence-corrected chi connectivity index (χ1v) is 7.70. The van der Waals surface area contributed by atoms with E-state index in [0.717, 1.165) is 24.2 Å². The summed E-state index contributed by atoms with van der Waals surface area (Å²) in [5, 5.41) is 10.4. The predicted molar refractivity (Wildman–Crippen MR) is 76.4 cm³/mol. The van der Waals surface area contributed by atoms with Crippen molar-refractivity contribution in [1.82, 2.24) is 0 Å². The van der Waals surface area contributed by atoms with Crippen molar-refractivity contribution in [3.8, 4) is 5.75 Å². The molecule has 1 aliphatic carbocycles. The van der Waals surface area contributed by atoms with Gasteiger partial charge in [-0.2, -0.15) is 0 Å². The fourth-order valence-electron chi connectivity index (χ4n) is 3.52. The zero-order valence-electron chi connectivity index (χ0n) is 11.8. The van der Waals surface area contributed by atoms with Crippen LogP contribution in [-0.4, -0.2) is 11.2 Å². The summed E-state index contributed by atoms with van der Waals surface area (Å²) in [7, 11) is 0. The van der Waals surface area contributed by atoms with Gasteiger partial charge >= 0.3 is 0 Å². The number of hydrogen-bond donors (Lipinski definition) is 1. The largest absolute Gasteiger partial charge is 0.490 e. The van der Waals surface area contributed by atoms with Gasteiger partial charge < -0.3 is 9.84 Å². The molecule has 1 N–H and O–H groups in total. The maximum atomic E-state index is 10.4. The minimum Gasteiger partial charge on any atom is -0.490 e. The van der Waals surface area contributed by atoms with E-state index in [1.807, 2.05) is 12.1 Å². The standard InChI is InChI=1S/C17H24O2/c1-12-9-15-11-14(7-8-17(15)19-12)16(18)10-13-5-3-2-4-6-13/h7-8,11-13,16,18H,2-6,9-10H2,1H3. The molecular formula is C17H24O2. The van der Waals surface area contributed by atoms with Crippen molar-refractivity contribution in [2.45, 2.75) is 64.1 Å². The van der Waals surface area contributed by atoms with Gasteiger partial charge in [0.05, 0.1) is 6.10 Å². The van der Waals surface area contributed by atoms with Crippen LogP contribution >= 0.6 is 0 Å². The molecule has 2 heteroatoms. The van der Waals surface area contributed by atoms with E-state index in [0.29, 0.717) is 5.92 Å². The van der Waals surface area contributed by atoms with Crippen LogP contribution in [0.1, 0.15) is 62.7 Å². The van der Waals surface area contributed by atoms with Crippen LogP contribution in [0.3, 0.4) is 0 Å². The highest BCUT2D eigenvalue weighted by Crippen LogP contribution is 2.35. The lowest BCUT2D eigenvalue weighted by molar-refractivity contribution is 0.131. The Bertz CT molecular complexity index is 435. The van der Waals surface area contributed by atoms with Gasteiger partial charge in [0.15, 0.2) is 0 Å². The normalized spacial score (nSPS) is 24.8. The maximum Gasteiger partial charge on any atom is 0.123 e. The number of aliphatic hydroxyl groups is 1. The topological polar surface area (TPSA) is 29.5 Å². The minimum absolute atomic E-state index is 0.278. The van der Waals surface area contributed by atoms with Gasteiger partial charge in [-0.1, -0.05) is 38.2 Å². The van der Waals surface area contributed by atoms with Crippen LogP contribution in [0.25, 0.3) is 0 Å². The molecule has 1 aliphatic heterocycles. The SMILES string of the molecule is CC1Cc2cc(C(O)CC3CCCCC3)ccc2O1. The molecule has 1 aromatic rings. The summed E-state index contributed by atoms with van der Waals surface area (Å²) < 4.78 is 5.71. The van der Waals surface area contributed by atoms with Gasteiger partial charge in [-0.05, 0) is 42.5 Å². The Morgan fingerprint density at radius 2 is 2.05 bits per heavy atom. The first kappa shape index (κ1) is 13.0. The monoisotopic (exact) mass is 260 g/mol. The van der Waals surface area contributed by atoms with Crippen molar-refractivity contribution in [2.75, 3.05) is 0 Å². The lowest BCUT2D eigenvalue weighted by Gasteiger charge is -2.24. The van der Waals surface area contributed by atoms with Gasteiger partial charge in [-0.3, -0.25) is 0 Å². The number of ether oxygens (including phenoxy) is 1. The zero-order chi connectivity index (χ0) is 13.2. The Hall–Kier alpha value is -1.02. The molecule has 0 saturated heterocycles. The highest BCUT2D eigenvalue weighted by molar-refractivity contribution is 5.41. The number of aliphatic hydroxyl groups excluding tert-OH is 1. The molecule has 2 atom stereocenters. The van der Waals surface area contributed by atoms with E-state index in [1.54, 1.807) is 0 Å². The summed E-state index contributed by atoms with van der Waals surface area (Å²) >= 11 is 0. The molecule has 0 aromatic heterocycles. The quantitative estimate of drug-likeness (QED) is 0.889. The molecule has 1 heterocycles. The van der Waals surface area contributed by atoms with E-state index in [9.17, 15) is 5.11 Å². The van der Waals surface area contributed by atoms with Gasteiger partial charge in [0, 0.05) is 6.42 Å². The molecule has 2 aliphatic rings. The number of fused-ring (bicyclic) bond motifs is 1. The van der Waals surface area contributed by atoms with E-state index in [4.69, 9.17) is 4.74 Å². The summed E-state index contributed by atoms with van der Waals surface area (Å²) in [6.07, 6.45) is 8.52. The fourth-order valence-corrected chi connectivity index (χ4v) is 3.52. The molecule has 1 aromatic carbocycles. The fraction of sp³-hybridized carbons (Fsp3) is 0.647. The van der Waals surface area contributed by atoms with Crippen LogP contribution in [0, 0.1) is 5.92 Å². The Labute approximate surface area is 115 Å². The third-order valence-corrected chi connectivity index (χ3v) is 4.59.